The van der Waals surface area contributed by atoms with E-state index in [4.69, 9.17) is 0 Å². The lowest BCUT2D eigenvalue weighted by Crippen LogP contribution is -2.33. The summed E-state index contributed by atoms with van der Waals surface area (Å²) in [5.41, 5.74) is -1.33. The molecule has 0 aliphatic carbocycles. The number of halogens is 4. The number of carbonyl (C=O) groups excluding carboxylic acids is 3. The number of benzene rings is 3. The number of carbonyl (C=O) groups is 3. The molecule has 1 saturated heterocycles. The molecule has 1 aromatic heterocycles. The van der Waals surface area contributed by atoms with E-state index in [1.54, 1.807) is 0 Å². The van der Waals surface area contributed by atoms with Crippen molar-refractivity contribution in [3.05, 3.63) is 114 Å². The van der Waals surface area contributed by atoms with E-state index in [9.17, 15) is 46.9 Å². The molecular formula is C29H18F4N4O6S2. The highest BCUT2D eigenvalue weighted by Crippen LogP contribution is 2.54. The first-order valence-electron chi connectivity index (χ1n) is 13.1. The highest BCUT2D eigenvalue weighted by molar-refractivity contribution is 8.00. The summed E-state index contributed by atoms with van der Waals surface area (Å²) in [6.07, 6.45) is -4.75. The summed E-state index contributed by atoms with van der Waals surface area (Å²) in [7, 11) is 0. The summed E-state index contributed by atoms with van der Waals surface area (Å²) in [5, 5.41) is 12.4. The maximum atomic E-state index is 13.9. The number of nitrogens with one attached hydrogen (secondary N) is 1. The molecule has 16 heteroatoms. The number of nitro benzene ring substituents is 1. The number of hydrogen-bond acceptors (Lipinski definition) is 8. The number of imide groups is 1. The Morgan fingerprint density at radius 1 is 0.956 bits per heavy atom. The van der Waals surface area contributed by atoms with Crippen molar-refractivity contribution in [3.63, 3.8) is 0 Å². The van der Waals surface area contributed by atoms with Crippen molar-refractivity contribution in [1.29, 1.82) is 0 Å². The summed E-state index contributed by atoms with van der Waals surface area (Å²) in [4.78, 5) is 64.9. The second kappa shape index (κ2) is 11.3. The molecule has 1 N–H and O–H groups in total. The molecular weight excluding hydrogens is 640 g/mol. The summed E-state index contributed by atoms with van der Waals surface area (Å²) in [5.74, 6) is -4.79. The van der Waals surface area contributed by atoms with Crippen LogP contribution < -0.4 is 15.1 Å². The molecule has 10 nitrogen and oxygen atoms in total. The quantitative estimate of drug-likeness (QED) is 0.127. The molecule has 2 aliphatic heterocycles. The van der Waals surface area contributed by atoms with Crippen molar-refractivity contribution in [2.45, 2.75) is 28.9 Å². The van der Waals surface area contributed by atoms with Gasteiger partial charge in [0.15, 0.2) is 0 Å². The fourth-order valence-electron chi connectivity index (χ4n) is 5.44. The second-order valence-corrected chi connectivity index (χ2v) is 12.2. The van der Waals surface area contributed by atoms with Crippen molar-refractivity contribution in [1.82, 2.24) is 4.57 Å². The molecule has 0 saturated carbocycles. The molecule has 45 heavy (non-hydrogen) atoms. The summed E-state index contributed by atoms with van der Waals surface area (Å²) in [6, 6.07) is 14.3. The van der Waals surface area contributed by atoms with Crippen molar-refractivity contribution in [2.24, 2.45) is 5.92 Å². The first-order chi connectivity index (χ1) is 21.3. The molecule has 4 aromatic rings. The zero-order valence-corrected chi connectivity index (χ0v) is 24.1. The van der Waals surface area contributed by atoms with Crippen LogP contribution in [0.2, 0.25) is 0 Å². The Balaban J connectivity index is 1.39. The Labute approximate surface area is 258 Å². The molecule has 0 radical (unpaired) electrons. The van der Waals surface area contributed by atoms with Gasteiger partial charge in [0.25, 0.3) is 5.69 Å². The van der Waals surface area contributed by atoms with Crippen molar-refractivity contribution in [3.8, 4) is 0 Å². The fraction of sp³-hybridized carbons (Fsp3) is 0.172. The van der Waals surface area contributed by atoms with E-state index in [1.807, 2.05) is 0 Å². The van der Waals surface area contributed by atoms with Gasteiger partial charge in [0, 0.05) is 22.9 Å². The van der Waals surface area contributed by atoms with Gasteiger partial charge in [-0.1, -0.05) is 47.4 Å². The molecule has 230 valence electrons. The number of aromatic nitrogens is 1. The SMILES string of the molecule is O=C(Cn1c2c(sc1=O)C(c1ccc(F)cc1)C1C(=O)N(c3ccc([N+](=O)[O-])cc3)C(=O)C1S2)Nc1ccccc1C(F)(F)F. The molecule has 3 heterocycles. The second-order valence-electron chi connectivity index (χ2n) is 10.1. The first kappa shape index (κ1) is 30.2. The van der Waals surface area contributed by atoms with Crippen LogP contribution in [-0.4, -0.2) is 32.5 Å². The van der Waals surface area contributed by atoms with Gasteiger partial charge in [-0.15, -0.1) is 0 Å². The van der Waals surface area contributed by atoms with Crippen LogP contribution in [0.1, 0.15) is 21.9 Å². The Morgan fingerprint density at radius 2 is 1.62 bits per heavy atom. The van der Waals surface area contributed by atoms with E-state index in [0.29, 0.717) is 21.8 Å². The Hall–Kier alpha value is -4.83. The number of para-hydroxylation sites is 1. The van der Waals surface area contributed by atoms with E-state index in [-0.39, 0.29) is 16.4 Å². The number of non-ortho nitro benzene ring substituents is 1. The van der Waals surface area contributed by atoms with Crippen LogP contribution in [0.3, 0.4) is 0 Å². The number of alkyl halides is 3. The molecule has 3 amide bonds. The van der Waals surface area contributed by atoms with E-state index in [1.165, 1.54) is 36.4 Å². The van der Waals surface area contributed by atoms with Gasteiger partial charge in [0.05, 0.1) is 32.8 Å². The number of thiazole rings is 1. The number of rotatable bonds is 6. The minimum atomic E-state index is -4.75. The number of anilines is 2. The van der Waals surface area contributed by atoms with Gasteiger partial charge in [0.2, 0.25) is 17.7 Å². The van der Waals surface area contributed by atoms with Gasteiger partial charge < -0.3 is 5.32 Å². The van der Waals surface area contributed by atoms with Crippen LogP contribution in [0.15, 0.2) is 82.6 Å². The highest BCUT2D eigenvalue weighted by Gasteiger charge is 2.57. The lowest BCUT2D eigenvalue weighted by atomic mass is 9.83. The Morgan fingerprint density at radius 3 is 2.27 bits per heavy atom. The minimum absolute atomic E-state index is 0.0897. The smallest absolute Gasteiger partial charge is 0.324 e. The van der Waals surface area contributed by atoms with Crippen LogP contribution in [0.25, 0.3) is 0 Å². The topological polar surface area (TPSA) is 132 Å². The molecule has 0 spiro atoms. The van der Waals surface area contributed by atoms with E-state index < -0.39 is 74.4 Å². The number of nitro groups is 1. The molecule has 3 atom stereocenters. The van der Waals surface area contributed by atoms with E-state index in [0.717, 1.165) is 57.6 Å². The lowest BCUT2D eigenvalue weighted by molar-refractivity contribution is -0.384. The average molecular weight is 659 g/mol. The highest BCUT2D eigenvalue weighted by atomic mass is 32.2. The van der Waals surface area contributed by atoms with Crippen molar-refractivity contribution < 1.29 is 36.9 Å². The molecule has 2 aliphatic rings. The summed E-state index contributed by atoms with van der Waals surface area (Å²) < 4.78 is 55.3. The van der Waals surface area contributed by atoms with Crippen LogP contribution in [0.5, 0.6) is 0 Å². The van der Waals surface area contributed by atoms with Gasteiger partial charge in [-0.05, 0) is 42.0 Å². The molecule has 3 aromatic carbocycles. The van der Waals surface area contributed by atoms with Crippen LogP contribution >= 0.6 is 23.1 Å². The van der Waals surface area contributed by atoms with Crippen LogP contribution in [-0.2, 0) is 27.1 Å². The number of amides is 3. The fourth-order valence-corrected chi connectivity index (χ4v) is 8.21. The summed E-state index contributed by atoms with van der Waals surface area (Å²) >= 11 is 1.58. The average Bonchev–Trinajstić information content (AvgIpc) is 3.43. The monoisotopic (exact) mass is 658 g/mol. The first-order valence-corrected chi connectivity index (χ1v) is 14.8. The van der Waals surface area contributed by atoms with E-state index >= 15 is 0 Å². The number of hydrogen-bond donors (Lipinski definition) is 1. The van der Waals surface area contributed by atoms with Crippen LogP contribution in [0.4, 0.5) is 34.6 Å². The van der Waals surface area contributed by atoms with Gasteiger partial charge in [-0.2, -0.15) is 13.2 Å². The third-order valence-corrected chi connectivity index (χ3v) is 10.0. The molecule has 0 bridgehead atoms. The largest absolute Gasteiger partial charge is 0.418 e. The third-order valence-electron chi connectivity index (χ3n) is 7.41. The molecule has 6 rings (SSSR count). The molecule has 1 fully saturated rings. The van der Waals surface area contributed by atoms with Gasteiger partial charge in [-0.25, -0.2) is 9.29 Å². The predicted octanol–water partition coefficient (Wildman–Crippen LogP) is 5.41. The van der Waals surface area contributed by atoms with Gasteiger partial charge in [0.1, 0.15) is 17.6 Å². The third kappa shape index (κ3) is 5.39. The number of nitrogens with zero attached hydrogens (tertiary/aromatic N) is 3. The van der Waals surface area contributed by atoms with Gasteiger partial charge >= 0.3 is 11.0 Å². The maximum absolute atomic E-state index is 13.9. The zero-order chi connectivity index (χ0) is 32.2. The van der Waals surface area contributed by atoms with Crippen LogP contribution in [0, 0.1) is 21.8 Å². The standard InChI is InChI=1S/C29H18F4N4O6S2/c30-15-7-5-14(6-8-15)21-22-23(26(40)36(25(22)39)16-9-11-17(12-10-16)37(42)43)44-27-24(21)45-28(41)35(27)13-20(38)34-19-4-2-1-3-18(19)29(31,32)33/h1-12,21-23H,13H2,(H,34,38). The number of fused-ring (bicyclic) bond motifs is 2. The predicted molar refractivity (Wildman–Crippen MR) is 156 cm³/mol. The number of thioether (sulfide) groups is 1. The Kier molecular flexibility index (Phi) is 7.56. The van der Waals surface area contributed by atoms with Crippen molar-refractivity contribution >= 4 is 57.9 Å². The normalized spacial score (nSPS) is 19.3. The minimum Gasteiger partial charge on any atom is -0.324 e. The summed E-state index contributed by atoms with van der Waals surface area (Å²) in [6.45, 7) is -0.689. The zero-order valence-electron chi connectivity index (χ0n) is 22.5. The lowest BCUT2D eigenvalue weighted by Gasteiger charge is -2.30. The van der Waals surface area contributed by atoms with Crippen molar-refractivity contribution in [2.75, 3.05) is 10.2 Å². The maximum Gasteiger partial charge on any atom is 0.418 e. The van der Waals surface area contributed by atoms with Gasteiger partial charge in [-0.3, -0.25) is 33.9 Å². The van der Waals surface area contributed by atoms with E-state index in [2.05, 4.69) is 5.32 Å². The Bertz CT molecular complexity index is 1920. The molecule has 3 unspecified atom stereocenters.